The van der Waals surface area contributed by atoms with Gasteiger partial charge in [0.25, 0.3) is 5.91 Å². The Hall–Kier alpha value is -4.04. The average molecular weight is 517 g/mol. The highest BCUT2D eigenvalue weighted by Crippen LogP contribution is 2.49. The average Bonchev–Trinajstić information content (AvgIpc) is 3.45. The fourth-order valence-corrected chi connectivity index (χ4v) is 5.02. The Kier molecular flexibility index (Phi) is 7.51. The lowest BCUT2D eigenvalue weighted by molar-refractivity contribution is -0.126. The first kappa shape index (κ1) is 25.6. The standard InChI is InChI=1S/C30H32N2O6/c1-4-18-37-24-17-16-20(19-25(24)36-6-3)27-26-28(38-32(27)21-12-8-7-9-13-21)30(34)31(29(26)33)22-14-10-11-15-23(22)35-5-2/h7-17,19,26-28H,4-6,18H2,1-3H3/t26-,27+,28-/m1/s1. The van der Waals surface area contributed by atoms with Crippen LogP contribution in [0.2, 0.25) is 0 Å². The molecule has 8 nitrogen and oxygen atoms in total. The molecule has 0 bridgehead atoms. The molecule has 8 heteroatoms. The summed E-state index contributed by atoms with van der Waals surface area (Å²) in [4.78, 5) is 35.2. The Bertz CT molecular complexity index is 1300. The van der Waals surface area contributed by atoms with Gasteiger partial charge in [0, 0.05) is 0 Å². The fraction of sp³-hybridized carbons (Fsp3) is 0.333. The maximum absolute atomic E-state index is 14.0. The number of imide groups is 1. The van der Waals surface area contributed by atoms with Crippen molar-refractivity contribution in [2.45, 2.75) is 39.3 Å². The highest BCUT2D eigenvalue weighted by Gasteiger charge is 2.60. The van der Waals surface area contributed by atoms with Crippen molar-refractivity contribution in [2.24, 2.45) is 5.92 Å². The molecule has 0 saturated carbocycles. The molecule has 2 aliphatic rings. The molecule has 2 heterocycles. The van der Waals surface area contributed by atoms with Gasteiger partial charge in [-0.3, -0.25) is 14.4 Å². The summed E-state index contributed by atoms with van der Waals surface area (Å²) in [5, 5.41) is 1.68. The third-order valence-electron chi connectivity index (χ3n) is 6.60. The Labute approximate surface area is 222 Å². The van der Waals surface area contributed by atoms with Crippen molar-refractivity contribution in [1.82, 2.24) is 0 Å². The molecule has 2 fully saturated rings. The van der Waals surface area contributed by atoms with Crippen LogP contribution in [0.3, 0.4) is 0 Å². The number of hydrogen-bond donors (Lipinski definition) is 0. The highest BCUT2D eigenvalue weighted by atomic mass is 16.7. The Balaban J connectivity index is 1.58. The summed E-state index contributed by atoms with van der Waals surface area (Å²) in [5.74, 6) is 0.187. The lowest BCUT2D eigenvalue weighted by Crippen LogP contribution is -2.37. The van der Waals surface area contributed by atoms with Gasteiger partial charge in [-0.05, 0) is 62.2 Å². The lowest BCUT2D eigenvalue weighted by atomic mass is 9.90. The minimum Gasteiger partial charge on any atom is -0.492 e. The van der Waals surface area contributed by atoms with Crippen LogP contribution in [0.5, 0.6) is 17.2 Å². The molecule has 0 aliphatic carbocycles. The predicted octanol–water partition coefficient (Wildman–Crippen LogP) is 5.32. The smallest absolute Gasteiger partial charge is 0.266 e. The molecular weight excluding hydrogens is 484 g/mol. The van der Waals surface area contributed by atoms with Crippen molar-refractivity contribution in [3.63, 3.8) is 0 Å². The summed E-state index contributed by atoms with van der Waals surface area (Å²) in [5.41, 5.74) is 1.96. The number of nitrogens with zero attached hydrogens (tertiary/aromatic N) is 2. The van der Waals surface area contributed by atoms with Gasteiger partial charge in [-0.2, -0.15) is 0 Å². The van der Waals surface area contributed by atoms with Crippen LogP contribution in [0.25, 0.3) is 0 Å². The Morgan fingerprint density at radius 3 is 2.21 bits per heavy atom. The van der Waals surface area contributed by atoms with Gasteiger partial charge in [0.1, 0.15) is 11.7 Å². The van der Waals surface area contributed by atoms with Crippen LogP contribution in [0.4, 0.5) is 11.4 Å². The van der Waals surface area contributed by atoms with Gasteiger partial charge < -0.3 is 14.2 Å². The number of fused-ring (bicyclic) bond motifs is 1. The van der Waals surface area contributed by atoms with E-state index in [-0.39, 0.29) is 5.91 Å². The second kappa shape index (κ2) is 11.1. The predicted molar refractivity (Wildman–Crippen MR) is 144 cm³/mol. The van der Waals surface area contributed by atoms with Crippen LogP contribution in [0, 0.1) is 5.92 Å². The molecule has 3 atom stereocenters. The Morgan fingerprint density at radius 2 is 1.47 bits per heavy atom. The number of benzene rings is 3. The van der Waals surface area contributed by atoms with E-state index in [2.05, 4.69) is 0 Å². The highest BCUT2D eigenvalue weighted by molar-refractivity contribution is 6.24. The van der Waals surface area contributed by atoms with Crippen LogP contribution in [-0.4, -0.2) is 37.7 Å². The zero-order valence-electron chi connectivity index (χ0n) is 21.8. The maximum atomic E-state index is 14.0. The van der Waals surface area contributed by atoms with E-state index in [0.29, 0.717) is 42.8 Å². The Morgan fingerprint density at radius 1 is 0.763 bits per heavy atom. The summed E-state index contributed by atoms with van der Waals surface area (Å²) in [6.45, 7) is 7.25. The molecular formula is C30H32N2O6. The van der Waals surface area contributed by atoms with E-state index < -0.39 is 24.0 Å². The van der Waals surface area contributed by atoms with E-state index in [0.717, 1.165) is 17.7 Å². The lowest BCUT2D eigenvalue weighted by Gasteiger charge is -2.29. The monoisotopic (exact) mass is 516 g/mol. The van der Waals surface area contributed by atoms with Crippen molar-refractivity contribution in [3.05, 3.63) is 78.4 Å². The second-order valence-electron chi connectivity index (χ2n) is 9.06. The van der Waals surface area contributed by atoms with Crippen LogP contribution >= 0.6 is 0 Å². The van der Waals surface area contributed by atoms with Gasteiger partial charge in [-0.25, -0.2) is 9.96 Å². The van der Waals surface area contributed by atoms with Crippen molar-refractivity contribution in [1.29, 1.82) is 0 Å². The van der Waals surface area contributed by atoms with Gasteiger partial charge >= 0.3 is 0 Å². The minimum atomic E-state index is -0.978. The number of hydroxylamine groups is 1. The largest absolute Gasteiger partial charge is 0.492 e. The SMILES string of the molecule is CCCOc1ccc([C@H]2[C@H]3C(=O)N(c4ccccc4OCC)C(=O)[C@@H]3ON2c2ccccc2)cc1OCC. The van der Waals surface area contributed by atoms with Crippen molar-refractivity contribution < 1.29 is 28.6 Å². The molecule has 2 amide bonds. The van der Waals surface area contributed by atoms with Gasteiger partial charge in [-0.1, -0.05) is 43.3 Å². The van der Waals surface area contributed by atoms with Crippen molar-refractivity contribution in [3.8, 4) is 17.2 Å². The van der Waals surface area contributed by atoms with Gasteiger partial charge in [0.2, 0.25) is 5.91 Å². The van der Waals surface area contributed by atoms with E-state index in [4.69, 9.17) is 19.0 Å². The van der Waals surface area contributed by atoms with Gasteiger partial charge in [0.15, 0.2) is 17.6 Å². The van der Waals surface area contributed by atoms with Crippen molar-refractivity contribution >= 4 is 23.2 Å². The van der Waals surface area contributed by atoms with Crippen LogP contribution in [0.15, 0.2) is 72.8 Å². The first-order chi connectivity index (χ1) is 18.6. The van der Waals surface area contributed by atoms with E-state index >= 15 is 0 Å². The molecule has 2 aliphatic heterocycles. The number of ether oxygens (including phenoxy) is 3. The minimum absolute atomic E-state index is 0.333. The third kappa shape index (κ3) is 4.56. The zero-order chi connectivity index (χ0) is 26.6. The molecule has 0 spiro atoms. The molecule has 2 saturated heterocycles. The number of hydrogen-bond acceptors (Lipinski definition) is 7. The number of amides is 2. The van der Waals surface area contributed by atoms with E-state index in [1.807, 2.05) is 75.4 Å². The summed E-state index contributed by atoms with van der Waals surface area (Å²) in [7, 11) is 0. The zero-order valence-corrected chi connectivity index (χ0v) is 21.8. The number of anilines is 2. The van der Waals surface area contributed by atoms with E-state index in [9.17, 15) is 9.59 Å². The fourth-order valence-electron chi connectivity index (χ4n) is 5.02. The summed E-state index contributed by atoms with van der Waals surface area (Å²) in [6.07, 6.45) is -0.112. The van der Waals surface area contributed by atoms with E-state index in [1.165, 1.54) is 4.90 Å². The number of carbonyl (C=O) groups excluding carboxylic acids is 2. The maximum Gasteiger partial charge on any atom is 0.266 e. The molecule has 0 N–H and O–H groups in total. The molecule has 5 rings (SSSR count). The first-order valence-electron chi connectivity index (χ1n) is 13.1. The van der Waals surface area contributed by atoms with Crippen LogP contribution in [-0.2, 0) is 14.4 Å². The normalized spacial score (nSPS) is 20.6. The molecule has 3 aromatic carbocycles. The molecule has 0 aromatic heterocycles. The summed E-state index contributed by atoms with van der Waals surface area (Å²) in [6, 6.07) is 21.6. The van der Waals surface area contributed by atoms with Crippen LogP contribution in [0.1, 0.15) is 38.8 Å². The molecule has 0 unspecified atom stereocenters. The van der Waals surface area contributed by atoms with E-state index in [1.54, 1.807) is 23.3 Å². The number of carbonyl (C=O) groups is 2. The molecule has 38 heavy (non-hydrogen) atoms. The third-order valence-corrected chi connectivity index (χ3v) is 6.60. The summed E-state index contributed by atoms with van der Waals surface area (Å²) < 4.78 is 17.5. The van der Waals surface area contributed by atoms with Gasteiger partial charge in [0.05, 0.1) is 37.2 Å². The van der Waals surface area contributed by atoms with Crippen LogP contribution < -0.4 is 24.2 Å². The first-order valence-corrected chi connectivity index (χ1v) is 13.1. The molecule has 0 radical (unpaired) electrons. The quantitative estimate of drug-likeness (QED) is 0.337. The van der Waals surface area contributed by atoms with Crippen molar-refractivity contribution in [2.75, 3.05) is 29.8 Å². The molecule has 3 aromatic rings. The number of para-hydroxylation sites is 3. The topological polar surface area (TPSA) is 77.5 Å². The number of rotatable bonds is 10. The summed E-state index contributed by atoms with van der Waals surface area (Å²) >= 11 is 0. The molecule has 198 valence electrons. The van der Waals surface area contributed by atoms with Gasteiger partial charge in [-0.15, -0.1) is 0 Å². The second-order valence-corrected chi connectivity index (χ2v) is 9.06.